The average Bonchev–Trinajstić information content (AvgIpc) is 2.71. The van der Waals surface area contributed by atoms with Gasteiger partial charge in [-0.2, -0.15) is 0 Å². The van der Waals surface area contributed by atoms with Crippen LogP contribution >= 0.6 is 55.4 Å². The Labute approximate surface area is 126 Å². The molecule has 2 rings (SSSR count). The highest BCUT2D eigenvalue weighted by Crippen LogP contribution is 2.30. The first-order valence-corrected chi connectivity index (χ1v) is 7.97. The molecule has 0 unspecified atom stereocenters. The molecule has 17 heavy (non-hydrogen) atoms. The monoisotopic (exact) mass is 392 g/mol. The Bertz CT molecular complexity index is 589. The molecule has 0 aromatic carbocycles. The minimum atomic E-state index is 0.617. The van der Waals surface area contributed by atoms with E-state index in [1.807, 2.05) is 12.1 Å². The lowest BCUT2D eigenvalue weighted by Crippen LogP contribution is -1.97. The zero-order valence-electron chi connectivity index (χ0n) is 9.09. The summed E-state index contributed by atoms with van der Waals surface area (Å²) >= 11 is 13.9. The van der Waals surface area contributed by atoms with Crippen LogP contribution in [0.25, 0.3) is 10.7 Å². The molecule has 0 amide bonds. The fourth-order valence-electron chi connectivity index (χ4n) is 1.49. The predicted octanol–water partition coefficient (Wildman–Crippen LogP) is 5.35. The van der Waals surface area contributed by atoms with E-state index in [4.69, 9.17) is 12.2 Å². The Hall–Kier alpha value is -0.0400. The average molecular weight is 394 g/mol. The van der Waals surface area contributed by atoms with Crippen LogP contribution in [-0.2, 0) is 6.42 Å². The van der Waals surface area contributed by atoms with Gasteiger partial charge in [-0.25, -0.2) is 4.98 Å². The summed E-state index contributed by atoms with van der Waals surface area (Å²) in [4.78, 5) is 8.84. The summed E-state index contributed by atoms with van der Waals surface area (Å²) in [6.07, 6.45) is 2.04. The van der Waals surface area contributed by atoms with E-state index in [1.54, 1.807) is 11.3 Å². The highest BCUT2D eigenvalue weighted by molar-refractivity contribution is 9.11. The van der Waals surface area contributed by atoms with Crippen LogP contribution in [0.3, 0.4) is 0 Å². The van der Waals surface area contributed by atoms with Crippen molar-refractivity contribution >= 4 is 55.4 Å². The largest absolute Gasteiger partial charge is 0.341 e. The molecular weight excluding hydrogens is 384 g/mol. The van der Waals surface area contributed by atoms with E-state index in [-0.39, 0.29) is 0 Å². The van der Waals surface area contributed by atoms with Gasteiger partial charge in [-0.15, -0.1) is 11.3 Å². The molecule has 0 saturated heterocycles. The first-order chi connectivity index (χ1) is 8.11. The molecule has 0 bridgehead atoms. The number of rotatable bonds is 3. The molecule has 0 fully saturated rings. The van der Waals surface area contributed by atoms with Crippen LogP contribution in [0.4, 0.5) is 0 Å². The second-order valence-electron chi connectivity index (χ2n) is 3.54. The first-order valence-electron chi connectivity index (χ1n) is 5.16. The Morgan fingerprint density at radius 3 is 2.76 bits per heavy atom. The number of aromatic nitrogens is 2. The minimum Gasteiger partial charge on any atom is -0.341 e. The van der Waals surface area contributed by atoms with Crippen LogP contribution in [0.15, 0.2) is 20.4 Å². The van der Waals surface area contributed by atoms with Crippen molar-refractivity contribution in [1.29, 1.82) is 0 Å². The second kappa shape index (κ2) is 5.73. The number of aromatic amines is 1. The van der Waals surface area contributed by atoms with Crippen molar-refractivity contribution in [3.05, 3.63) is 30.7 Å². The van der Waals surface area contributed by atoms with Gasteiger partial charge in [0.05, 0.1) is 13.1 Å². The van der Waals surface area contributed by atoms with E-state index in [0.29, 0.717) is 4.64 Å². The molecule has 2 heterocycles. The smallest absolute Gasteiger partial charge is 0.149 e. The molecule has 90 valence electrons. The van der Waals surface area contributed by atoms with Gasteiger partial charge in [0.1, 0.15) is 10.5 Å². The van der Waals surface area contributed by atoms with E-state index in [1.165, 1.54) is 0 Å². The lowest BCUT2D eigenvalue weighted by atomic mass is 10.2. The van der Waals surface area contributed by atoms with Crippen molar-refractivity contribution in [2.24, 2.45) is 0 Å². The number of hydrogen-bond acceptors (Lipinski definition) is 3. The molecule has 1 N–H and O–H groups in total. The third kappa shape index (κ3) is 3.05. The Morgan fingerprint density at radius 2 is 2.18 bits per heavy atom. The Balaban J connectivity index is 2.52. The quantitative estimate of drug-likeness (QED) is 0.712. The van der Waals surface area contributed by atoms with Crippen LogP contribution in [0.1, 0.15) is 19.0 Å². The highest BCUT2D eigenvalue weighted by atomic mass is 79.9. The molecular formula is C11H10Br2N2S2. The van der Waals surface area contributed by atoms with Gasteiger partial charge in [-0.3, -0.25) is 0 Å². The molecule has 0 aliphatic rings. The predicted molar refractivity (Wildman–Crippen MR) is 82.1 cm³/mol. The summed E-state index contributed by atoms with van der Waals surface area (Å²) in [6.45, 7) is 2.14. The number of thiophene rings is 1. The van der Waals surface area contributed by atoms with Gasteiger partial charge < -0.3 is 4.98 Å². The van der Waals surface area contributed by atoms with Crippen molar-refractivity contribution in [2.45, 2.75) is 19.8 Å². The van der Waals surface area contributed by atoms with Gasteiger partial charge in [0.25, 0.3) is 0 Å². The Kier molecular flexibility index (Phi) is 4.52. The third-order valence-electron chi connectivity index (χ3n) is 2.24. The highest BCUT2D eigenvalue weighted by Gasteiger charge is 2.09. The van der Waals surface area contributed by atoms with Crippen molar-refractivity contribution in [3.63, 3.8) is 0 Å². The normalized spacial score (nSPS) is 10.8. The van der Waals surface area contributed by atoms with Gasteiger partial charge in [0.15, 0.2) is 0 Å². The Morgan fingerprint density at radius 1 is 1.41 bits per heavy atom. The lowest BCUT2D eigenvalue weighted by molar-refractivity contribution is 0.866. The topological polar surface area (TPSA) is 28.7 Å². The number of halogens is 2. The fraction of sp³-hybridized carbons (Fsp3) is 0.273. The molecule has 0 saturated carbocycles. The van der Waals surface area contributed by atoms with Crippen LogP contribution in [-0.4, -0.2) is 9.97 Å². The van der Waals surface area contributed by atoms with Gasteiger partial charge >= 0.3 is 0 Å². The molecule has 2 aromatic heterocycles. The van der Waals surface area contributed by atoms with Crippen molar-refractivity contribution in [2.75, 3.05) is 0 Å². The maximum atomic E-state index is 5.26. The van der Waals surface area contributed by atoms with Gasteiger partial charge in [0, 0.05) is 5.69 Å². The van der Waals surface area contributed by atoms with Crippen LogP contribution in [0.2, 0.25) is 0 Å². The molecule has 0 atom stereocenters. The second-order valence-corrected chi connectivity index (χ2v) is 7.18. The number of nitrogens with one attached hydrogen (secondary N) is 1. The SMILES string of the molecule is CCCc1[nH]c(-c2ccc(Br)s2)nc(=S)c1Br. The van der Waals surface area contributed by atoms with E-state index in [0.717, 1.165) is 37.5 Å². The maximum Gasteiger partial charge on any atom is 0.149 e. The fourth-order valence-corrected chi connectivity index (χ4v) is 3.42. The van der Waals surface area contributed by atoms with Crippen molar-refractivity contribution < 1.29 is 0 Å². The lowest BCUT2D eigenvalue weighted by Gasteiger charge is -2.06. The van der Waals surface area contributed by atoms with E-state index >= 15 is 0 Å². The summed E-state index contributed by atoms with van der Waals surface area (Å²) < 4.78 is 2.62. The molecule has 0 radical (unpaired) electrons. The zero-order chi connectivity index (χ0) is 12.4. The molecule has 0 aliphatic carbocycles. The van der Waals surface area contributed by atoms with Crippen molar-refractivity contribution in [3.8, 4) is 10.7 Å². The van der Waals surface area contributed by atoms with Crippen LogP contribution < -0.4 is 0 Å². The summed E-state index contributed by atoms with van der Waals surface area (Å²) in [7, 11) is 0. The molecule has 2 nitrogen and oxygen atoms in total. The maximum absolute atomic E-state index is 5.26. The van der Waals surface area contributed by atoms with Crippen LogP contribution in [0, 0.1) is 4.64 Å². The first kappa shape index (κ1) is 13.4. The number of H-pyrrole nitrogens is 1. The van der Waals surface area contributed by atoms with Crippen molar-refractivity contribution in [1.82, 2.24) is 9.97 Å². The summed E-state index contributed by atoms with van der Waals surface area (Å²) in [5, 5.41) is 0. The number of hydrogen-bond donors (Lipinski definition) is 1. The van der Waals surface area contributed by atoms with Gasteiger partial charge in [0.2, 0.25) is 0 Å². The molecule has 6 heteroatoms. The van der Waals surface area contributed by atoms with E-state index < -0.39 is 0 Å². The van der Waals surface area contributed by atoms with Gasteiger partial charge in [-0.05, 0) is 50.4 Å². The minimum absolute atomic E-state index is 0.617. The molecule has 0 aliphatic heterocycles. The third-order valence-corrected chi connectivity index (χ3v) is 5.28. The molecule has 2 aromatic rings. The zero-order valence-corrected chi connectivity index (χ0v) is 13.9. The van der Waals surface area contributed by atoms with E-state index in [2.05, 4.69) is 48.8 Å². The van der Waals surface area contributed by atoms with E-state index in [9.17, 15) is 0 Å². The summed E-state index contributed by atoms with van der Waals surface area (Å²) in [5.74, 6) is 0.845. The summed E-state index contributed by atoms with van der Waals surface area (Å²) in [6, 6.07) is 4.05. The summed E-state index contributed by atoms with van der Waals surface area (Å²) in [5.41, 5.74) is 1.12. The number of aryl methyl sites for hydroxylation is 1. The molecule has 0 spiro atoms. The van der Waals surface area contributed by atoms with Gasteiger partial charge in [-0.1, -0.05) is 25.6 Å². The van der Waals surface area contributed by atoms with Crippen LogP contribution in [0.5, 0.6) is 0 Å². The number of nitrogens with zero attached hydrogens (tertiary/aromatic N) is 1. The standard InChI is InChI=1S/C11H10Br2N2S2/c1-2-3-6-9(13)11(16)15-10(14-6)7-4-5-8(12)17-7/h4-5H,2-3H2,1H3,(H,14,15,16).